The molecule has 2 N–H and O–H groups in total. The lowest BCUT2D eigenvalue weighted by Crippen LogP contribution is -2.20. The first kappa shape index (κ1) is 15.9. The molecule has 0 spiro atoms. The Morgan fingerprint density at radius 3 is 2.00 bits per heavy atom. The van der Waals surface area contributed by atoms with Crippen molar-refractivity contribution in [2.45, 2.75) is 38.6 Å². The summed E-state index contributed by atoms with van der Waals surface area (Å²) < 4.78 is 12.5. The molecule has 2 aromatic carbocycles. The second kappa shape index (κ2) is 6.54. The lowest BCUT2D eigenvalue weighted by molar-refractivity contribution is 0.674. The van der Waals surface area contributed by atoms with Gasteiger partial charge in [-0.1, -0.05) is 35.4 Å². The SMILES string of the molecule is Cc1ccc(S(=O)CC(N)c2c(C)cc(C)cc2C)cc1. The normalized spacial score (nSPS) is 14.0. The highest BCUT2D eigenvalue weighted by Crippen LogP contribution is 2.24. The van der Waals surface area contributed by atoms with Gasteiger partial charge < -0.3 is 5.73 Å². The lowest BCUT2D eigenvalue weighted by Gasteiger charge is -2.18. The Morgan fingerprint density at radius 2 is 1.48 bits per heavy atom. The van der Waals surface area contributed by atoms with Crippen molar-refractivity contribution in [3.05, 3.63) is 64.2 Å². The topological polar surface area (TPSA) is 43.1 Å². The van der Waals surface area contributed by atoms with E-state index in [9.17, 15) is 4.21 Å². The number of rotatable bonds is 4. The Hall–Kier alpha value is -1.45. The van der Waals surface area contributed by atoms with E-state index in [-0.39, 0.29) is 6.04 Å². The summed E-state index contributed by atoms with van der Waals surface area (Å²) in [6.45, 7) is 8.26. The minimum absolute atomic E-state index is 0.201. The molecule has 0 aliphatic carbocycles. The minimum atomic E-state index is -1.07. The van der Waals surface area contributed by atoms with E-state index in [0.29, 0.717) is 5.75 Å². The third-order valence-corrected chi connectivity index (χ3v) is 5.18. The zero-order valence-corrected chi connectivity index (χ0v) is 14.0. The van der Waals surface area contributed by atoms with Crippen molar-refractivity contribution in [3.8, 4) is 0 Å². The summed E-state index contributed by atoms with van der Waals surface area (Å²) in [5.41, 5.74) is 12.2. The average molecular weight is 301 g/mol. The molecule has 0 radical (unpaired) electrons. The quantitative estimate of drug-likeness (QED) is 0.935. The smallest absolute Gasteiger partial charge is 0.0548 e. The molecule has 0 saturated carbocycles. The van der Waals surface area contributed by atoms with Crippen LogP contribution in [-0.4, -0.2) is 9.96 Å². The number of benzene rings is 2. The molecule has 0 bridgehead atoms. The maximum absolute atomic E-state index is 12.5. The molecular weight excluding hydrogens is 278 g/mol. The highest BCUT2D eigenvalue weighted by molar-refractivity contribution is 7.85. The highest BCUT2D eigenvalue weighted by Gasteiger charge is 2.16. The molecule has 0 fully saturated rings. The maximum Gasteiger partial charge on any atom is 0.0548 e. The van der Waals surface area contributed by atoms with Gasteiger partial charge in [0, 0.05) is 16.7 Å². The van der Waals surface area contributed by atoms with Crippen LogP contribution in [0.3, 0.4) is 0 Å². The Balaban J connectivity index is 2.20. The van der Waals surface area contributed by atoms with Crippen molar-refractivity contribution in [3.63, 3.8) is 0 Å². The van der Waals surface area contributed by atoms with E-state index < -0.39 is 10.8 Å². The molecule has 3 heteroatoms. The van der Waals surface area contributed by atoms with Gasteiger partial charge in [0.15, 0.2) is 0 Å². The van der Waals surface area contributed by atoms with Crippen LogP contribution in [0.15, 0.2) is 41.3 Å². The van der Waals surface area contributed by atoms with Gasteiger partial charge in [-0.25, -0.2) is 0 Å². The number of nitrogens with two attached hydrogens (primary N) is 1. The fourth-order valence-electron chi connectivity index (χ4n) is 2.81. The summed E-state index contributed by atoms with van der Waals surface area (Å²) in [5.74, 6) is 0.452. The largest absolute Gasteiger partial charge is 0.323 e. The first-order valence-electron chi connectivity index (χ1n) is 7.17. The van der Waals surface area contributed by atoms with Gasteiger partial charge in [0.05, 0.1) is 10.8 Å². The standard InChI is InChI=1S/C18H23NOS/c1-12-5-7-16(8-6-12)21(20)11-17(19)18-14(3)9-13(2)10-15(18)4/h5-10,17H,11,19H2,1-4H3. The second-order valence-corrected chi connectivity index (χ2v) is 7.24. The minimum Gasteiger partial charge on any atom is -0.323 e. The number of aryl methyl sites for hydroxylation is 4. The second-order valence-electron chi connectivity index (χ2n) is 5.74. The van der Waals surface area contributed by atoms with Crippen molar-refractivity contribution < 1.29 is 4.21 Å². The molecule has 2 atom stereocenters. The van der Waals surface area contributed by atoms with Crippen LogP contribution in [0.5, 0.6) is 0 Å². The van der Waals surface area contributed by atoms with Crippen LogP contribution < -0.4 is 5.73 Å². The first-order chi connectivity index (χ1) is 9.88. The number of hydrogen-bond donors (Lipinski definition) is 1. The summed E-state index contributed by atoms with van der Waals surface area (Å²) in [6.07, 6.45) is 0. The molecule has 0 aliphatic rings. The van der Waals surface area contributed by atoms with Crippen LogP contribution in [0.25, 0.3) is 0 Å². The summed E-state index contributed by atoms with van der Waals surface area (Å²) in [7, 11) is -1.07. The Labute approximate surface area is 129 Å². The van der Waals surface area contributed by atoms with Crippen LogP contribution in [0, 0.1) is 27.7 Å². The molecule has 112 valence electrons. The highest BCUT2D eigenvalue weighted by atomic mass is 32.2. The molecule has 0 aromatic heterocycles. The van der Waals surface area contributed by atoms with Crippen LogP contribution in [0.1, 0.15) is 33.9 Å². The molecule has 2 rings (SSSR count). The van der Waals surface area contributed by atoms with Gasteiger partial charge in [0.2, 0.25) is 0 Å². The van der Waals surface area contributed by atoms with Gasteiger partial charge in [-0.3, -0.25) is 4.21 Å². The third-order valence-electron chi connectivity index (χ3n) is 3.72. The van der Waals surface area contributed by atoms with E-state index >= 15 is 0 Å². The van der Waals surface area contributed by atoms with Crippen molar-refractivity contribution in [2.75, 3.05) is 5.75 Å². The predicted octanol–water partition coefficient (Wildman–Crippen LogP) is 3.73. The molecule has 2 nitrogen and oxygen atoms in total. The summed E-state index contributed by atoms with van der Waals surface area (Å²) in [4.78, 5) is 0.846. The van der Waals surface area contributed by atoms with Crippen LogP contribution in [0.4, 0.5) is 0 Å². The van der Waals surface area contributed by atoms with Crippen molar-refractivity contribution >= 4 is 10.8 Å². The molecule has 0 saturated heterocycles. The van der Waals surface area contributed by atoms with Gasteiger partial charge >= 0.3 is 0 Å². The van der Waals surface area contributed by atoms with E-state index in [1.165, 1.54) is 22.3 Å². The van der Waals surface area contributed by atoms with E-state index in [4.69, 9.17) is 5.73 Å². The Bertz CT molecular complexity index is 638. The van der Waals surface area contributed by atoms with E-state index in [1.54, 1.807) is 0 Å². The third kappa shape index (κ3) is 3.80. The average Bonchev–Trinajstić information content (AvgIpc) is 2.37. The first-order valence-corrected chi connectivity index (χ1v) is 8.48. The number of hydrogen-bond acceptors (Lipinski definition) is 2. The van der Waals surface area contributed by atoms with Crippen molar-refractivity contribution in [1.29, 1.82) is 0 Å². The summed E-state index contributed by atoms with van der Waals surface area (Å²) >= 11 is 0. The van der Waals surface area contributed by atoms with Gasteiger partial charge in [-0.2, -0.15) is 0 Å². The van der Waals surface area contributed by atoms with Crippen molar-refractivity contribution in [1.82, 2.24) is 0 Å². The van der Waals surface area contributed by atoms with E-state index in [1.807, 2.05) is 31.2 Å². The monoisotopic (exact) mass is 301 g/mol. The van der Waals surface area contributed by atoms with E-state index in [0.717, 1.165) is 10.5 Å². The zero-order valence-electron chi connectivity index (χ0n) is 13.1. The van der Waals surface area contributed by atoms with E-state index in [2.05, 4.69) is 32.9 Å². The molecular formula is C18H23NOS. The lowest BCUT2D eigenvalue weighted by atomic mass is 9.95. The Morgan fingerprint density at radius 1 is 0.952 bits per heavy atom. The van der Waals surface area contributed by atoms with Crippen LogP contribution >= 0.6 is 0 Å². The Kier molecular flexibility index (Phi) is 4.96. The molecule has 2 aromatic rings. The van der Waals surface area contributed by atoms with Gasteiger partial charge in [0.25, 0.3) is 0 Å². The fourth-order valence-corrected chi connectivity index (χ4v) is 3.93. The molecule has 0 amide bonds. The van der Waals surface area contributed by atoms with Gasteiger partial charge in [-0.15, -0.1) is 0 Å². The zero-order chi connectivity index (χ0) is 15.6. The molecule has 2 unspecified atom stereocenters. The molecule has 21 heavy (non-hydrogen) atoms. The van der Waals surface area contributed by atoms with Crippen LogP contribution in [-0.2, 0) is 10.8 Å². The fraction of sp³-hybridized carbons (Fsp3) is 0.333. The summed E-state index contributed by atoms with van der Waals surface area (Å²) in [6, 6.07) is 11.9. The van der Waals surface area contributed by atoms with Crippen molar-refractivity contribution in [2.24, 2.45) is 5.73 Å². The van der Waals surface area contributed by atoms with Gasteiger partial charge in [-0.05, 0) is 56.5 Å². The summed E-state index contributed by atoms with van der Waals surface area (Å²) in [5, 5.41) is 0. The maximum atomic E-state index is 12.5. The van der Waals surface area contributed by atoms with Crippen LogP contribution in [0.2, 0.25) is 0 Å². The van der Waals surface area contributed by atoms with Gasteiger partial charge in [0.1, 0.15) is 0 Å². The molecule has 0 heterocycles. The molecule has 0 aliphatic heterocycles. The predicted molar refractivity (Wildman–Crippen MR) is 90.0 cm³/mol.